The van der Waals surface area contributed by atoms with Crippen LogP contribution in [0.4, 0.5) is 17.6 Å². The Kier molecular flexibility index (Phi) is 9.59. The second-order valence-corrected chi connectivity index (χ2v) is 9.70. The number of halogens is 4. The Morgan fingerprint density at radius 2 is 1.34 bits per heavy atom. The Morgan fingerprint density at radius 3 is 1.80 bits per heavy atom. The largest absolute Gasteiger partial charge is 0.491 e. The number of ether oxygens (including phenoxy) is 1. The number of hydrogen-bond acceptors (Lipinski definition) is 1. The Balaban J connectivity index is 1.59. The summed E-state index contributed by atoms with van der Waals surface area (Å²) in [6, 6.07) is 3.55. The molecule has 190 valence electrons. The van der Waals surface area contributed by atoms with Crippen molar-refractivity contribution in [3.05, 3.63) is 95.8 Å². The summed E-state index contributed by atoms with van der Waals surface area (Å²) in [4.78, 5) is 0. The molecular formula is C30H36F4O. The topological polar surface area (TPSA) is 9.23 Å². The molecule has 1 aromatic rings. The van der Waals surface area contributed by atoms with E-state index in [0.29, 0.717) is 29.9 Å². The molecule has 1 nitrogen and oxygen atoms in total. The van der Waals surface area contributed by atoms with Gasteiger partial charge in [-0.2, -0.15) is 4.39 Å². The van der Waals surface area contributed by atoms with Gasteiger partial charge in [-0.3, -0.25) is 0 Å². The van der Waals surface area contributed by atoms with E-state index in [2.05, 4.69) is 19.7 Å². The smallest absolute Gasteiger partial charge is 0.200 e. The zero-order valence-electron chi connectivity index (χ0n) is 20.6. The van der Waals surface area contributed by atoms with Gasteiger partial charge in [-0.1, -0.05) is 43.5 Å². The van der Waals surface area contributed by atoms with Crippen LogP contribution in [0.25, 0.3) is 0 Å². The van der Waals surface area contributed by atoms with Crippen LogP contribution in [-0.2, 0) is 4.74 Å². The van der Waals surface area contributed by atoms with Gasteiger partial charge in [0.25, 0.3) is 0 Å². The number of hydrogen-bond donors (Lipinski definition) is 0. The van der Waals surface area contributed by atoms with E-state index in [-0.39, 0.29) is 35.7 Å². The Morgan fingerprint density at radius 1 is 0.857 bits per heavy atom. The number of benzene rings is 1. The van der Waals surface area contributed by atoms with Gasteiger partial charge in [0, 0.05) is 5.57 Å². The van der Waals surface area contributed by atoms with E-state index in [1.54, 1.807) is 19.1 Å². The molecule has 0 spiro atoms. The molecular weight excluding hydrogens is 452 g/mol. The molecule has 0 heterocycles. The van der Waals surface area contributed by atoms with E-state index in [1.165, 1.54) is 6.08 Å². The third-order valence-corrected chi connectivity index (χ3v) is 7.51. The van der Waals surface area contributed by atoms with Gasteiger partial charge in [0.15, 0.2) is 23.2 Å². The van der Waals surface area contributed by atoms with Gasteiger partial charge >= 0.3 is 0 Å². The molecule has 2 fully saturated rings. The van der Waals surface area contributed by atoms with Crippen molar-refractivity contribution in [2.24, 2.45) is 11.8 Å². The van der Waals surface area contributed by atoms with Crippen LogP contribution in [0.3, 0.4) is 0 Å². The van der Waals surface area contributed by atoms with Crippen LogP contribution in [0.15, 0.2) is 73.1 Å². The van der Waals surface area contributed by atoms with E-state index in [1.807, 2.05) is 12.2 Å². The second kappa shape index (κ2) is 12.4. The highest BCUT2D eigenvalue weighted by Gasteiger charge is 2.29. The van der Waals surface area contributed by atoms with Gasteiger partial charge in [0.1, 0.15) is 0 Å². The lowest BCUT2D eigenvalue weighted by Crippen LogP contribution is -2.16. The van der Waals surface area contributed by atoms with Crippen molar-refractivity contribution in [2.75, 3.05) is 6.61 Å². The molecule has 0 bridgehead atoms. The molecule has 0 aliphatic heterocycles. The maximum atomic E-state index is 15.1. The van der Waals surface area contributed by atoms with Crippen LogP contribution in [0.1, 0.15) is 81.3 Å². The fourth-order valence-corrected chi connectivity index (χ4v) is 5.32. The first-order chi connectivity index (χ1) is 16.8. The van der Waals surface area contributed by atoms with E-state index in [9.17, 15) is 8.78 Å². The minimum atomic E-state index is -1.15. The quantitative estimate of drug-likeness (QED) is 0.146. The van der Waals surface area contributed by atoms with Crippen molar-refractivity contribution in [1.29, 1.82) is 0 Å². The average molecular weight is 489 g/mol. The molecule has 0 N–H and O–H groups in total. The zero-order valence-corrected chi connectivity index (χ0v) is 20.6. The highest BCUT2D eigenvalue weighted by atomic mass is 19.2. The lowest BCUT2D eigenvalue weighted by molar-refractivity contribution is 0.224. The molecule has 0 amide bonds. The van der Waals surface area contributed by atoms with Gasteiger partial charge in [-0.25, -0.2) is 13.2 Å². The van der Waals surface area contributed by atoms with Crippen molar-refractivity contribution in [3.8, 4) is 0 Å². The first-order valence-electron chi connectivity index (χ1n) is 12.6. The monoisotopic (exact) mass is 488 g/mol. The molecule has 0 unspecified atom stereocenters. The minimum absolute atomic E-state index is 0.0495. The van der Waals surface area contributed by atoms with Crippen LogP contribution >= 0.6 is 0 Å². The summed E-state index contributed by atoms with van der Waals surface area (Å²) in [6.07, 6.45) is 11.8. The summed E-state index contributed by atoms with van der Waals surface area (Å²) < 4.78 is 63.2. The number of allylic oxidation sites excluding steroid dienone is 6. The summed E-state index contributed by atoms with van der Waals surface area (Å²) in [5.74, 6) is -3.38. The molecule has 0 radical (unpaired) electrons. The molecule has 1 aromatic carbocycles. The molecule has 5 heteroatoms. The first-order valence-corrected chi connectivity index (χ1v) is 12.6. The van der Waals surface area contributed by atoms with Crippen molar-refractivity contribution in [3.63, 3.8) is 0 Å². The van der Waals surface area contributed by atoms with E-state index >= 15 is 8.78 Å². The van der Waals surface area contributed by atoms with Crippen LogP contribution in [0, 0.1) is 23.5 Å². The molecule has 35 heavy (non-hydrogen) atoms. The second-order valence-electron chi connectivity index (χ2n) is 9.70. The van der Waals surface area contributed by atoms with Crippen LogP contribution in [0.5, 0.6) is 0 Å². The molecule has 0 atom stereocenters. The van der Waals surface area contributed by atoms with Crippen LogP contribution < -0.4 is 0 Å². The van der Waals surface area contributed by atoms with Crippen molar-refractivity contribution in [2.45, 2.75) is 70.1 Å². The predicted molar refractivity (Wildman–Crippen MR) is 134 cm³/mol. The van der Waals surface area contributed by atoms with Gasteiger partial charge in [0.2, 0.25) is 5.83 Å². The normalized spacial score (nSPS) is 25.7. The molecule has 2 aliphatic rings. The summed E-state index contributed by atoms with van der Waals surface area (Å²) in [7, 11) is 0. The summed E-state index contributed by atoms with van der Waals surface area (Å²) in [6.45, 7) is 12.6. The third-order valence-electron chi connectivity index (χ3n) is 7.51. The minimum Gasteiger partial charge on any atom is -0.491 e. The summed E-state index contributed by atoms with van der Waals surface area (Å²) in [5.41, 5.74) is 0.859. The lowest BCUT2D eigenvalue weighted by Gasteiger charge is -2.29. The fourth-order valence-electron chi connectivity index (χ4n) is 5.32. The highest BCUT2D eigenvalue weighted by molar-refractivity contribution is 5.39. The zero-order chi connectivity index (χ0) is 25.5. The molecule has 0 aromatic heterocycles. The standard InChI is InChI=1S/C30H36F4O/c1-5-21-9-13-23(14-10-21)25-17-18-26(30(34)29(25)33)24-15-11-22(12-16-24)8-7-19(3)27(31)28(32)20(4)35-6-2/h5,7-8,17-18,21-24H,1,3-4,6,9-16H2,2H3/b8-7+,28-27-. The predicted octanol–water partition coefficient (Wildman–Crippen LogP) is 9.51. The van der Waals surface area contributed by atoms with Gasteiger partial charge in [0.05, 0.1) is 6.61 Å². The Labute approximate surface area is 207 Å². The Bertz CT molecular complexity index is 990. The first kappa shape index (κ1) is 27.0. The van der Waals surface area contributed by atoms with Crippen molar-refractivity contribution >= 4 is 0 Å². The SMILES string of the molecule is C=CC1CCC(c2ccc(C3CCC(/C=C/C(=C)/C(F)=C(/F)C(=C)OCC)CC3)c(F)c2F)CC1. The van der Waals surface area contributed by atoms with Crippen LogP contribution in [-0.4, -0.2) is 6.61 Å². The van der Waals surface area contributed by atoms with Gasteiger partial charge < -0.3 is 4.74 Å². The van der Waals surface area contributed by atoms with Crippen molar-refractivity contribution in [1.82, 2.24) is 0 Å². The van der Waals surface area contributed by atoms with Gasteiger partial charge in [-0.15, -0.1) is 6.58 Å². The number of rotatable bonds is 9. The molecule has 2 saturated carbocycles. The fraction of sp³-hybridized carbons (Fsp3) is 0.467. The maximum absolute atomic E-state index is 15.1. The third kappa shape index (κ3) is 6.56. The van der Waals surface area contributed by atoms with Crippen LogP contribution in [0.2, 0.25) is 0 Å². The average Bonchev–Trinajstić information content (AvgIpc) is 2.88. The van der Waals surface area contributed by atoms with Gasteiger partial charge in [-0.05, 0) is 93.1 Å². The molecule has 0 saturated heterocycles. The summed E-state index contributed by atoms with van der Waals surface area (Å²) in [5, 5.41) is 0. The Hall–Kier alpha value is -2.56. The molecule has 3 rings (SSSR count). The van der Waals surface area contributed by atoms with E-state index in [4.69, 9.17) is 4.74 Å². The van der Waals surface area contributed by atoms with E-state index in [0.717, 1.165) is 38.5 Å². The highest BCUT2D eigenvalue weighted by Crippen LogP contribution is 2.41. The lowest BCUT2D eigenvalue weighted by atomic mass is 9.76. The van der Waals surface area contributed by atoms with E-state index < -0.39 is 23.3 Å². The van der Waals surface area contributed by atoms with Crippen molar-refractivity contribution < 1.29 is 22.3 Å². The molecule has 2 aliphatic carbocycles. The maximum Gasteiger partial charge on any atom is 0.200 e. The summed E-state index contributed by atoms with van der Waals surface area (Å²) >= 11 is 0.